The van der Waals surface area contributed by atoms with Gasteiger partial charge in [-0.1, -0.05) is 42.5 Å². The lowest BCUT2D eigenvalue weighted by molar-refractivity contribution is -0.150. The van der Waals surface area contributed by atoms with Crippen molar-refractivity contribution in [3.8, 4) is 5.75 Å². The normalized spacial score (nSPS) is 21.4. The van der Waals surface area contributed by atoms with E-state index in [1.807, 2.05) is 54.6 Å². The van der Waals surface area contributed by atoms with Gasteiger partial charge in [0.05, 0.1) is 19.8 Å². The van der Waals surface area contributed by atoms with Gasteiger partial charge in [0.25, 0.3) is 0 Å². The second-order valence-electron chi connectivity index (χ2n) is 7.99. The van der Waals surface area contributed by atoms with Crippen LogP contribution in [0.15, 0.2) is 54.6 Å². The highest BCUT2D eigenvalue weighted by molar-refractivity contribution is 5.76. The lowest BCUT2D eigenvalue weighted by atomic mass is 9.89. The van der Waals surface area contributed by atoms with Crippen molar-refractivity contribution in [2.45, 2.75) is 37.4 Å². The fourth-order valence-electron chi connectivity index (χ4n) is 3.87. The molecular weight excluding hydrogens is 380 g/mol. The number of methoxy groups -OCH3 is 1. The molecule has 0 radical (unpaired) electrons. The molecule has 1 amide bonds. The number of carbonyl (C=O) groups excluding carboxylic acids is 1. The van der Waals surface area contributed by atoms with Crippen LogP contribution in [0.2, 0.25) is 0 Å². The van der Waals surface area contributed by atoms with Gasteiger partial charge in [-0.05, 0) is 49.1 Å². The van der Waals surface area contributed by atoms with Crippen molar-refractivity contribution in [1.29, 1.82) is 0 Å². The number of aliphatic hydroxyl groups excluding tert-OH is 1. The third-order valence-electron chi connectivity index (χ3n) is 5.74. The number of aryl methyl sites for hydroxylation is 1. The van der Waals surface area contributed by atoms with E-state index in [1.54, 1.807) is 12.0 Å². The van der Waals surface area contributed by atoms with Gasteiger partial charge >= 0.3 is 0 Å². The summed E-state index contributed by atoms with van der Waals surface area (Å²) in [5.74, 6) is 0.832. The van der Waals surface area contributed by atoms with Crippen LogP contribution in [-0.2, 0) is 17.6 Å². The topological polar surface area (TPSA) is 82.0 Å². The van der Waals surface area contributed by atoms with Gasteiger partial charge in [-0.25, -0.2) is 0 Å². The van der Waals surface area contributed by atoms with Crippen molar-refractivity contribution in [3.63, 3.8) is 0 Å². The average Bonchev–Trinajstić information content (AvgIpc) is 2.78. The zero-order chi connectivity index (χ0) is 21.4. The lowest BCUT2D eigenvalue weighted by Gasteiger charge is -2.43. The Labute approximate surface area is 178 Å². The van der Waals surface area contributed by atoms with Crippen LogP contribution in [0.5, 0.6) is 5.75 Å². The lowest BCUT2D eigenvalue weighted by Crippen LogP contribution is -2.62. The maximum Gasteiger partial charge on any atom is 0.223 e. The summed E-state index contributed by atoms with van der Waals surface area (Å²) in [6.07, 6.45) is 1.39. The molecule has 6 heteroatoms. The first kappa shape index (κ1) is 22.3. The number of piperidine rings is 1. The molecule has 0 unspecified atom stereocenters. The van der Waals surface area contributed by atoms with Crippen molar-refractivity contribution >= 4 is 5.91 Å². The highest BCUT2D eigenvalue weighted by Gasteiger charge is 2.41. The van der Waals surface area contributed by atoms with Crippen molar-refractivity contribution < 1.29 is 19.7 Å². The summed E-state index contributed by atoms with van der Waals surface area (Å²) in [6, 6.07) is 17.8. The Balaban J connectivity index is 1.47. The minimum Gasteiger partial charge on any atom is -0.497 e. The molecule has 1 fully saturated rings. The average molecular weight is 413 g/mol. The Kier molecular flexibility index (Phi) is 7.85. The number of aliphatic hydroxyl groups is 2. The van der Waals surface area contributed by atoms with Crippen molar-refractivity contribution in [1.82, 2.24) is 10.2 Å². The van der Waals surface area contributed by atoms with Crippen LogP contribution in [0.25, 0.3) is 0 Å². The summed E-state index contributed by atoms with van der Waals surface area (Å²) >= 11 is 0. The standard InChI is InChI=1S/C24H32N2O4/c1-30-21-9-5-8-20(16-21)12-14-25-17-24(29)18-26(15-13-22(24)27)23(28)11-10-19-6-3-2-4-7-19/h2-9,16,22,25,27,29H,10-15,17-18H2,1H3/t22-,24+/m0/s1. The van der Waals surface area contributed by atoms with Gasteiger partial charge in [-0.3, -0.25) is 4.79 Å². The molecule has 1 aliphatic heterocycles. The molecule has 2 aromatic carbocycles. The van der Waals surface area contributed by atoms with Crippen LogP contribution in [0.3, 0.4) is 0 Å². The van der Waals surface area contributed by atoms with E-state index in [2.05, 4.69) is 5.32 Å². The van der Waals surface area contributed by atoms with Gasteiger partial charge in [0.15, 0.2) is 0 Å². The first-order chi connectivity index (χ1) is 14.5. The van der Waals surface area contributed by atoms with Crippen LogP contribution in [0, 0.1) is 0 Å². The third-order valence-corrected chi connectivity index (χ3v) is 5.74. The maximum atomic E-state index is 12.6. The van der Waals surface area contributed by atoms with Crippen molar-refractivity contribution in [2.75, 3.05) is 33.3 Å². The SMILES string of the molecule is COc1cccc(CCNC[C@@]2(O)CN(C(=O)CCc3ccccc3)CC[C@@H]2O)c1. The van der Waals surface area contributed by atoms with Gasteiger partial charge in [0.1, 0.15) is 11.4 Å². The van der Waals surface area contributed by atoms with E-state index < -0.39 is 11.7 Å². The fraction of sp³-hybridized carbons (Fsp3) is 0.458. The molecule has 1 aliphatic rings. The number of benzene rings is 2. The van der Waals surface area contributed by atoms with Crippen molar-refractivity contribution in [2.24, 2.45) is 0 Å². The van der Waals surface area contributed by atoms with Gasteiger partial charge in [0, 0.05) is 19.5 Å². The number of hydrogen-bond acceptors (Lipinski definition) is 5. The number of ether oxygens (including phenoxy) is 1. The molecule has 3 N–H and O–H groups in total. The first-order valence-corrected chi connectivity index (χ1v) is 10.6. The Morgan fingerprint density at radius 3 is 2.70 bits per heavy atom. The Morgan fingerprint density at radius 1 is 1.17 bits per heavy atom. The van der Waals surface area contributed by atoms with Crippen LogP contribution in [0.1, 0.15) is 24.0 Å². The monoisotopic (exact) mass is 412 g/mol. The summed E-state index contributed by atoms with van der Waals surface area (Å²) < 4.78 is 5.24. The second kappa shape index (κ2) is 10.6. The molecule has 0 saturated carbocycles. The number of β-amino-alcohol motifs (C(OH)–C–C–N with tert-alkyl or cyclic N) is 1. The smallest absolute Gasteiger partial charge is 0.223 e. The number of carbonyl (C=O) groups is 1. The number of likely N-dealkylation sites (tertiary alicyclic amines) is 1. The van der Waals surface area contributed by atoms with E-state index in [9.17, 15) is 15.0 Å². The maximum absolute atomic E-state index is 12.6. The van der Waals surface area contributed by atoms with Crippen molar-refractivity contribution in [3.05, 3.63) is 65.7 Å². The highest BCUT2D eigenvalue weighted by Crippen LogP contribution is 2.22. The Morgan fingerprint density at radius 2 is 1.93 bits per heavy atom. The number of hydrogen-bond donors (Lipinski definition) is 3. The minimum absolute atomic E-state index is 0.0144. The Bertz CT molecular complexity index is 814. The van der Waals surface area contributed by atoms with Crippen LogP contribution < -0.4 is 10.1 Å². The fourth-order valence-corrected chi connectivity index (χ4v) is 3.87. The number of amides is 1. The molecule has 162 valence electrons. The van der Waals surface area contributed by atoms with E-state index in [4.69, 9.17) is 4.74 Å². The molecule has 30 heavy (non-hydrogen) atoms. The van der Waals surface area contributed by atoms with E-state index >= 15 is 0 Å². The molecule has 0 bridgehead atoms. The van der Waals surface area contributed by atoms with Gasteiger partial charge < -0.3 is 25.2 Å². The van der Waals surface area contributed by atoms with Gasteiger partial charge in [-0.15, -0.1) is 0 Å². The summed E-state index contributed by atoms with van der Waals surface area (Å²) in [5.41, 5.74) is 0.919. The Hall–Kier alpha value is -2.41. The molecular formula is C24H32N2O4. The summed E-state index contributed by atoms with van der Waals surface area (Å²) in [4.78, 5) is 14.3. The molecule has 6 nitrogen and oxygen atoms in total. The molecule has 2 atom stereocenters. The molecule has 2 aromatic rings. The van der Waals surface area contributed by atoms with Gasteiger partial charge in [0.2, 0.25) is 5.91 Å². The third kappa shape index (κ3) is 6.05. The molecule has 0 aromatic heterocycles. The largest absolute Gasteiger partial charge is 0.497 e. The van der Waals surface area contributed by atoms with E-state index in [0.717, 1.165) is 23.3 Å². The quantitative estimate of drug-likeness (QED) is 0.547. The molecule has 0 aliphatic carbocycles. The van der Waals surface area contributed by atoms with Gasteiger partial charge in [-0.2, -0.15) is 0 Å². The van der Waals surface area contributed by atoms with Crippen LogP contribution in [0.4, 0.5) is 0 Å². The molecule has 3 rings (SSSR count). The summed E-state index contributed by atoms with van der Waals surface area (Å²) in [5, 5.41) is 24.6. The molecule has 1 heterocycles. The molecule has 0 spiro atoms. The van der Waals surface area contributed by atoms with E-state index in [1.165, 1.54) is 0 Å². The first-order valence-electron chi connectivity index (χ1n) is 10.6. The van der Waals surface area contributed by atoms with E-state index in [-0.39, 0.29) is 19.0 Å². The minimum atomic E-state index is -1.34. The predicted octanol–water partition coefficient (Wildman–Crippen LogP) is 1.78. The number of nitrogens with zero attached hydrogens (tertiary/aromatic N) is 1. The number of nitrogens with one attached hydrogen (secondary N) is 1. The van der Waals surface area contributed by atoms with Crippen LogP contribution in [-0.4, -0.2) is 66.0 Å². The zero-order valence-electron chi connectivity index (χ0n) is 17.6. The number of rotatable bonds is 9. The predicted molar refractivity (Wildman–Crippen MR) is 116 cm³/mol. The second-order valence-corrected chi connectivity index (χ2v) is 7.99. The summed E-state index contributed by atoms with van der Waals surface area (Å²) in [7, 11) is 1.64. The molecule has 1 saturated heterocycles. The van der Waals surface area contributed by atoms with Crippen LogP contribution >= 0.6 is 0 Å². The van der Waals surface area contributed by atoms with E-state index in [0.29, 0.717) is 32.4 Å². The summed E-state index contributed by atoms with van der Waals surface area (Å²) in [6.45, 7) is 1.51. The zero-order valence-corrected chi connectivity index (χ0v) is 17.6. The highest BCUT2D eigenvalue weighted by atomic mass is 16.5.